The number of nitrogens with zero attached hydrogens (tertiary/aromatic N) is 4. The topological polar surface area (TPSA) is 81.8 Å². The molecule has 0 unspecified atom stereocenters. The van der Waals surface area contributed by atoms with Crippen LogP contribution in [0.2, 0.25) is 0 Å². The predicted octanol–water partition coefficient (Wildman–Crippen LogP) is 8.41. The van der Waals surface area contributed by atoms with Crippen molar-refractivity contribution in [1.82, 2.24) is 19.9 Å². The molecule has 0 amide bonds. The lowest BCUT2D eigenvalue weighted by Crippen LogP contribution is -2.01. The molecule has 3 heterocycles. The van der Waals surface area contributed by atoms with Crippen molar-refractivity contribution in [3.05, 3.63) is 132 Å². The van der Waals surface area contributed by atoms with Crippen molar-refractivity contribution >= 4 is 43.5 Å². The molecule has 7 heteroatoms. The summed E-state index contributed by atoms with van der Waals surface area (Å²) < 4.78 is 7.01. The van der Waals surface area contributed by atoms with Crippen molar-refractivity contribution in [1.29, 1.82) is 0 Å². The highest BCUT2D eigenvalue weighted by molar-refractivity contribution is 7.21. The van der Waals surface area contributed by atoms with E-state index in [1.54, 1.807) is 17.4 Å². The van der Waals surface area contributed by atoms with Crippen LogP contribution >= 0.6 is 11.3 Å². The van der Waals surface area contributed by atoms with Gasteiger partial charge in [0.25, 0.3) is 0 Å². The van der Waals surface area contributed by atoms with Gasteiger partial charge in [-0.15, -0.1) is 11.3 Å². The summed E-state index contributed by atoms with van der Waals surface area (Å²) in [5.74, 6) is 1.84. The number of hydrogen-bond acceptors (Lipinski definition) is 7. The highest BCUT2D eigenvalue weighted by Gasteiger charge is 2.15. The van der Waals surface area contributed by atoms with E-state index in [0.717, 1.165) is 37.5 Å². The average Bonchev–Trinajstić information content (AvgIpc) is 3.48. The van der Waals surface area contributed by atoms with Gasteiger partial charge in [0.1, 0.15) is 16.2 Å². The third-order valence-electron chi connectivity index (χ3n) is 7.18. The Kier molecular flexibility index (Phi) is 5.68. The molecule has 0 fully saturated rings. The minimum absolute atomic E-state index is 0.0465. The molecule has 198 valence electrons. The quantitative estimate of drug-likeness (QED) is 0.201. The normalized spacial score (nSPS) is 11.4. The van der Waals surface area contributed by atoms with Crippen molar-refractivity contribution < 1.29 is 4.42 Å². The monoisotopic (exact) mass is 560 g/mol. The second-order valence-corrected chi connectivity index (χ2v) is 10.9. The summed E-state index contributed by atoms with van der Waals surface area (Å²) in [5.41, 5.74) is 5.57. The fourth-order valence-corrected chi connectivity index (χ4v) is 6.03. The Bertz CT molecular complexity index is 2260. The zero-order valence-electron chi connectivity index (χ0n) is 22.1. The lowest BCUT2D eigenvalue weighted by atomic mass is 10.1. The zero-order chi connectivity index (χ0) is 28.0. The van der Waals surface area contributed by atoms with E-state index in [0.29, 0.717) is 39.4 Å². The van der Waals surface area contributed by atoms with Crippen LogP contribution in [0.1, 0.15) is 0 Å². The van der Waals surface area contributed by atoms with Crippen LogP contribution < -0.4 is 5.43 Å². The van der Waals surface area contributed by atoms with Gasteiger partial charge in [-0.05, 0) is 18.2 Å². The summed E-state index contributed by atoms with van der Waals surface area (Å²) in [5, 5.41) is 1.96. The molecular formula is C35H20N4O2S. The van der Waals surface area contributed by atoms with E-state index in [1.165, 1.54) is 0 Å². The van der Waals surface area contributed by atoms with Crippen LogP contribution in [0.3, 0.4) is 0 Å². The first kappa shape index (κ1) is 24.3. The maximum Gasteiger partial charge on any atom is 0.200 e. The van der Waals surface area contributed by atoms with Gasteiger partial charge in [0.15, 0.2) is 17.5 Å². The number of thiazole rings is 1. The molecule has 0 aliphatic carbocycles. The first-order valence-electron chi connectivity index (χ1n) is 13.4. The molecule has 0 saturated carbocycles. The fraction of sp³-hybridized carbons (Fsp3) is 0. The molecule has 0 atom stereocenters. The molecule has 8 aromatic rings. The molecule has 0 bridgehead atoms. The minimum Gasteiger partial charge on any atom is -0.456 e. The second-order valence-electron chi connectivity index (χ2n) is 9.88. The molecule has 8 rings (SSSR count). The van der Waals surface area contributed by atoms with Gasteiger partial charge in [-0.2, -0.15) is 0 Å². The highest BCUT2D eigenvalue weighted by atomic mass is 32.1. The van der Waals surface area contributed by atoms with Gasteiger partial charge in [-0.25, -0.2) is 19.9 Å². The number of rotatable bonds is 4. The number of fused-ring (bicyclic) bond motifs is 3. The zero-order valence-corrected chi connectivity index (χ0v) is 22.9. The summed E-state index contributed by atoms with van der Waals surface area (Å²) in [4.78, 5) is 32.4. The molecule has 0 radical (unpaired) electrons. The molecule has 6 nitrogen and oxygen atoms in total. The summed E-state index contributed by atoms with van der Waals surface area (Å²) in [6.07, 6.45) is 0. The summed E-state index contributed by atoms with van der Waals surface area (Å²) in [6, 6.07) is 39.0. The van der Waals surface area contributed by atoms with Crippen LogP contribution in [0.5, 0.6) is 0 Å². The Morgan fingerprint density at radius 2 is 1.05 bits per heavy atom. The predicted molar refractivity (Wildman–Crippen MR) is 168 cm³/mol. The first-order chi connectivity index (χ1) is 20.7. The molecule has 0 spiro atoms. The van der Waals surface area contributed by atoms with Crippen molar-refractivity contribution in [2.45, 2.75) is 0 Å². The van der Waals surface area contributed by atoms with E-state index >= 15 is 0 Å². The van der Waals surface area contributed by atoms with E-state index < -0.39 is 0 Å². The van der Waals surface area contributed by atoms with Crippen LogP contribution in [0.15, 0.2) is 131 Å². The van der Waals surface area contributed by atoms with Crippen LogP contribution in [0.25, 0.3) is 76.9 Å². The maximum absolute atomic E-state index is 13.1. The summed E-state index contributed by atoms with van der Waals surface area (Å²) in [7, 11) is 0. The Balaban J connectivity index is 1.19. The Morgan fingerprint density at radius 1 is 0.500 bits per heavy atom. The lowest BCUT2D eigenvalue weighted by Gasteiger charge is -2.08. The fourth-order valence-electron chi connectivity index (χ4n) is 5.05. The van der Waals surface area contributed by atoms with Gasteiger partial charge >= 0.3 is 0 Å². The van der Waals surface area contributed by atoms with Crippen LogP contribution in [-0.2, 0) is 0 Å². The van der Waals surface area contributed by atoms with Crippen molar-refractivity contribution in [3.63, 3.8) is 0 Å². The molecule has 5 aromatic carbocycles. The number of aromatic nitrogens is 4. The van der Waals surface area contributed by atoms with Crippen molar-refractivity contribution in [2.75, 3.05) is 0 Å². The average molecular weight is 561 g/mol. The molecule has 0 aliphatic heterocycles. The Labute approximate surface area is 243 Å². The van der Waals surface area contributed by atoms with Gasteiger partial charge in [0, 0.05) is 28.3 Å². The lowest BCUT2D eigenvalue weighted by molar-refractivity contribution is 0.660. The Morgan fingerprint density at radius 3 is 1.69 bits per heavy atom. The molecular weight excluding hydrogens is 540 g/mol. The third kappa shape index (κ3) is 4.24. The summed E-state index contributed by atoms with van der Waals surface area (Å²) in [6.45, 7) is 0. The molecule has 42 heavy (non-hydrogen) atoms. The molecule has 0 saturated heterocycles. The molecule has 0 N–H and O–H groups in total. The van der Waals surface area contributed by atoms with Crippen LogP contribution in [-0.4, -0.2) is 19.9 Å². The van der Waals surface area contributed by atoms with E-state index in [9.17, 15) is 4.79 Å². The number of para-hydroxylation sites is 1. The van der Waals surface area contributed by atoms with E-state index in [4.69, 9.17) is 24.4 Å². The Hall–Kier alpha value is -5.53. The minimum atomic E-state index is -0.0465. The first-order valence-corrected chi connectivity index (χ1v) is 14.3. The van der Waals surface area contributed by atoms with Gasteiger partial charge in [0.05, 0.1) is 21.0 Å². The second kappa shape index (κ2) is 9.83. The van der Waals surface area contributed by atoms with Crippen LogP contribution in [0.4, 0.5) is 0 Å². The number of hydrogen-bond donors (Lipinski definition) is 0. The standard InChI is InChI=1S/C35H20N4O2S/c40-31-25-13-7-8-14-28(25)41-29-20-30-27(19-26(29)31)36-35(42-30)24-17-15-23(16-18-24)34-38-32(21-9-3-1-4-10-21)37-33(39-34)22-11-5-2-6-12-22/h1-20H. The van der Waals surface area contributed by atoms with Crippen molar-refractivity contribution in [2.24, 2.45) is 0 Å². The summed E-state index contributed by atoms with van der Waals surface area (Å²) >= 11 is 1.56. The largest absolute Gasteiger partial charge is 0.456 e. The number of benzene rings is 5. The third-order valence-corrected chi connectivity index (χ3v) is 8.24. The van der Waals surface area contributed by atoms with Crippen LogP contribution in [0, 0.1) is 0 Å². The molecule has 0 aliphatic rings. The highest BCUT2D eigenvalue weighted by Crippen LogP contribution is 2.34. The van der Waals surface area contributed by atoms with Crippen molar-refractivity contribution in [3.8, 4) is 44.7 Å². The van der Waals surface area contributed by atoms with Gasteiger partial charge in [0.2, 0.25) is 5.43 Å². The van der Waals surface area contributed by atoms with E-state index in [2.05, 4.69) is 0 Å². The smallest absolute Gasteiger partial charge is 0.200 e. The van der Waals surface area contributed by atoms with Gasteiger partial charge in [-0.1, -0.05) is 97.1 Å². The van der Waals surface area contributed by atoms with Gasteiger partial charge < -0.3 is 4.42 Å². The van der Waals surface area contributed by atoms with E-state index in [1.807, 2.05) is 115 Å². The maximum atomic E-state index is 13.1. The van der Waals surface area contributed by atoms with Gasteiger partial charge in [-0.3, -0.25) is 4.79 Å². The van der Waals surface area contributed by atoms with E-state index in [-0.39, 0.29) is 5.43 Å². The SMILES string of the molecule is O=c1c2ccccc2oc2cc3sc(-c4ccc(-c5nc(-c6ccccc6)nc(-c6ccccc6)n5)cc4)nc3cc12. The molecule has 3 aromatic heterocycles.